The van der Waals surface area contributed by atoms with Crippen LogP contribution in [-0.2, 0) is 9.53 Å². The first kappa shape index (κ1) is 17.7. The fraction of sp³-hybridized carbons (Fsp3) is 0.588. The summed E-state index contributed by atoms with van der Waals surface area (Å²) in [5.74, 6) is -0.372. The molecule has 0 aliphatic heterocycles. The van der Waals surface area contributed by atoms with Crippen LogP contribution in [0, 0.1) is 0 Å². The van der Waals surface area contributed by atoms with Gasteiger partial charge in [-0.3, -0.25) is 4.79 Å². The first-order chi connectivity index (χ1) is 10.1. The summed E-state index contributed by atoms with van der Waals surface area (Å²) in [6, 6.07) is 9.89. The standard InChI is InChI=1S/C17H28N2O2/c1-5-19(13-9-12-18(2)3)14-16(17(20)21-4)15-10-7-6-8-11-15/h6-8,10-11,16H,5,9,12-14H2,1-4H3. The molecule has 0 saturated carbocycles. The summed E-state index contributed by atoms with van der Waals surface area (Å²) >= 11 is 0. The molecular weight excluding hydrogens is 264 g/mol. The van der Waals surface area contributed by atoms with Crippen molar-refractivity contribution in [2.45, 2.75) is 19.3 Å². The van der Waals surface area contributed by atoms with Gasteiger partial charge in [-0.15, -0.1) is 0 Å². The normalized spacial score (nSPS) is 12.7. The summed E-state index contributed by atoms with van der Waals surface area (Å²) in [7, 11) is 5.62. The quantitative estimate of drug-likeness (QED) is 0.653. The van der Waals surface area contributed by atoms with Gasteiger partial charge in [0.2, 0.25) is 0 Å². The lowest BCUT2D eigenvalue weighted by Gasteiger charge is -2.26. The summed E-state index contributed by atoms with van der Waals surface area (Å²) in [6.07, 6.45) is 1.10. The molecule has 0 amide bonds. The van der Waals surface area contributed by atoms with Gasteiger partial charge in [-0.25, -0.2) is 0 Å². The highest BCUT2D eigenvalue weighted by atomic mass is 16.5. The first-order valence-corrected chi connectivity index (χ1v) is 7.58. The summed E-state index contributed by atoms with van der Waals surface area (Å²) in [6.45, 7) is 5.84. The molecule has 0 heterocycles. The molecule has 0 aliphatic carbocycles. The van der Waals surface area contributed by atoms with Crippen molar-refractivity contribution >= 4 is 5.97 Å². The number of carbonyl (C=O) groups is 1. The molecule has 4 heteroatoms. The minimum atomic E-state index is -0.212. The number of ether oxygens (including phenoxy) is 1. The van der Waals surface area contributed by atoms with E-state index in [-0.39, 0.29) is 11.9 Å². The molecule has 1 aromatic rings. The number of nitrogens with zero attached hydrogens (tertiary/aromatic N) is 2. The van der Waals surface area contributed by atoms with Crippen LogP contribution < -0.4 is 0 Å². The second-order valence-corrected chi connectivity index (χ2v) is 5.54. The highest BCUT2D eigenvalue weighted by Gasteiger charge is 2.23. The Kier molecular flexibility index (Phi) is 8.01. The highest BCUT2D eigenvalue weighted by Crippen LogP contribution is 2.18. The predicted molar refractivity (Wildman–Crippen MR) is 86.5 cm³/mol. The van der Waals surface area contributed by atoms with Crippen LogP contribution in [0.2, 0.25) is 0 Å². The monoisotopic (exact) mass is 292 g/mol. The zero-order valence-corrected chi connectivity index (χ0v) is 13.7. The van der Waals surface area contributed by atoms with E-state index < -0.39 is 0 Å². The van der Waals surface area contributed by atoms with Crippen LogP contribution in [0.1, 0.15) is 24.8 Å². The maximum atomic E-state index is 12.1. The summed E-state index contributed by atoms with van der Waals surface area (Å²) in [5.41, 5.74) is 1.02. The average molecular weight is 292 g/mol. The summed E-state index contributed by atoms with van der Waals surface area (Å²) < 4.78 is 4.98. The van der Waals surface area contributed by atoms with Crippen molar-refractivity contribution in [1.82, 2.24) is 9.80 Å². The second kappa shape index (κ2) is 9.53. The van der Waals surface area contributed by atoms with E-state index in [9.17, 15) is 4.79 Å². The van der Waals surface area contributed by atoms with Crippen LogP contribution in [0.3, 0.4) is 0 Å². The Morgan fingerprint density at radius 1 is 1.19 bits per heavy atom. The average Bonchev–Trinajstić information content (AvgIpc) is 2.50. The first-order valence-electron chi connectivity index (χ1n) is 7.58. The van der Waals surface area contributed by atoms with E-state index in [2.05, 4.69) is 30.8 Å². The van der Waals surface area contributed by atoms with Gasteiger partial charge in [-0.05, 0) is 45.7 Å². The van der Waals surface area contributed by atoms with Gasteiger partial charge in [0.1, 0.15) is 0 Å². The molecule has 0 aliphatic rings. The van der Waals surface area contributed by atoms with E-state index >= 15 is 0 Å². The molecule has 1 unspecified atom stereocenters. The molecule has 0 N–H and O–H groups in total. The third-order valence-corrected chi connectivity index (χ3v) is 3.66. The Labute approximate surface area is 128 Å². The Bertz CT molecular complexity index is 407. The van der Waals surface area contributed by atoms with Crippen LogP contribution in [0.5, 0.6) is 0 Å². The van der Waals surface area contributed by atoms with Gasteiger partial charge in [0.25, 0.3) is 0 Å². The fourth-order valence-electron chi connectivity index (χ4n) is 2.39. The minimum absolute atomic E-state index is 0.160. The topological polar surface area (TPSA) is 32.8 Å². The molecule has 0 spiro atoms. The number of likely N-dealkylation sites (N-methyl/N-ethyl adjacent to an activating group) is 1. The van der Waals surface area contributed by atoms with E-state index in [1.165, 1.54) is 7.11 Å². The molecule has 0 saturated heterocycles. The van der Waals surface area contributed by atoms with E-state index in [0.29, 0.717) is 6.54 Å². The predicted octanol–water partition coefficient (Wildman–Crippen LogP) is 2.22. The maximum Gasteiger partial charge on any atom is 0.314 e. The Hall–Kier alpha value is -1.39. The Morgan fingerprint density at radius 3 is 2.38 bits per heavy atom. The third kappa shape index (κ3) is 6.27. The van der Waals surface area contributed by atoms with Crippen LogP contribution in [-0.4, -0.2) is 63.2 Å². The van der Waals surface area contributed by atoms with Gasteiger partial charge in [-0.1, -0.05) is 37.3 Å². The largest absolute Gasteiger partial charge is 0.469 e. The number of esters is 1. The third-order valence-electron chi connectivity index (χ3n) is 3.66. The fourth-order valence-corrected chi connectivity index (χ4v) is 2.39. The van der Waals surface area contributed by atoms with Crippen LogP contribution >= 0.6 is 0 Å². The van der Waals surface area contributed by atoms with Crippen molar-refractivity contribution in [3.05, 3.63) is 35.9 Å². The number of hydrogen-bond acceptors (Lipinski definition) is 4. The van der Waals surface area contributed by atoms with Gasteiger partial charge in [0, 0.05) is 6.54 Å². The number of carbonyl (C=O) groups excluding carboxylic acids is 1. The minimum Gasteiger partial charge on any atom is -0.469 e. The number of rotatable bonds is 9. The lowest BCUT2D eigenvalue weighted by atomic mass is 9.98. The van der Waals surface area contributed by atoms with Gasteiger partial charge in [0.15, 0.2) is 0 Å². The lowest BCUT2D eigenvalue weighted by Crippen LogP contribution is -2.34. The molecular formula is C17H28N2O2. The molecule has 0 bridgehead atoms. The molecule has 1 atom stereocenters. The van der Waals surface area contributed by atoms with Gasteiger partial charge < -0.3 is 14.5 Å². The van der Waals surface area contributed by atoms with Gasteiger partial charge in [0.05, 0.1) is 13.0 Å². The smallest absolute Gasteiger partial charge is 0.314 e. The molecule has 0 aromatic heterocycles. The zero-order valence-electron chi connectivity index (χ0n) is 13.7. The SMILES string of the molecule is CCN(CCCN(C)C)CC(C(=O)OC)c1ccccc1. The summed E-state index contributed by atoms with van der Waals surface area (Å²) in [4.78, 5) is 16.6. The molecule has 21 heavy (non-hydrogen) atoms. The summed E-state index contributed by atoms with van der Waals surface area (Å²) in [5, 5.41) is 0. The van der Waals surface area contributed by atoms with Crippen molar-refractivity contribution < 1.29 is 9.53 Å². The van der Waals surface area contributed by atoms with Crippen molar-refractivity contribution in [3.63, 3.8) is 0 Å². The van der Waals surface area contributed by atoms with Crippen LogP contribution in [0.4, 0.5) is 0 Å². The lowest BCUT2D eigenvalue weighted by molar-refractivity contribution is -0.142. The number of methoxy groups -OCH3 is 1. The molecule has 1 rings (SSSR count). The van der Waals surface area contributed by atoms with Crippen molar-refractivity contribution in [2.24, 2.45) is 0 Å². The molecule has 118 valence electrons. The molecule has 0 fully saturated rings. The highest BCUT2D eigenvalue weighted by molar-refractivity contribution is 5.78. The maximum absolute atomic E-state index is 12.1. The Balaban J connectivity index is 2.68. The molecule has 4 nitrogen and oxygen atoms in total. The van der Waals surface area contributed by atoms with Gasteiger partial charge >= 0.3 is 5.97 Å². The molecule has 0 radical (unpaired) electrons. The van der Waals surface area contributed by atoms with Gasteiger partial charge in [-0.2, -0.15) is 0 Å². The van der Waals surface area contributed by atoms with Crippen molar-refractivity contribution in [2.75, 3.05) is 47.4 Å². The molecule has 1 aromatic carbocycles. The number of hydrogen-bond donors (Lipinski definition) is 0. The van der Waals surface area contributed by atoms with Crippen molar-refractivity contribution in [1.29, 1.82) is 0 Å². The zero-order chi connectivity index (χ0) is 15.7. The van der Waals surface area contributed by atoms with E-state index in [4.69, 9.17) is 4.74 Å². The van der Waals surface area contributed by atoms with E-state index in [1.54, 1.807) is 0 Å². The van der Waals surface area contributed by atoms with Crippen molar-refractivity contribution in [3.8, 4) is 0 Å². The number of benzene rings is 1. The van der Waals surface area contributed by atoms with E-state index in [1.807, 2.05) is 30.3 Å². The second-order valence-electron chi connectivity index (χ2n) is 5.54. The van der Waals surface area contributed by atoms with E-state index in [0.717, 1.165) is 31.6 Å². The van der Waals surface area contributed by atoms with Crippen LogP contribution in [0.15, 0.2) is 30.3 Å². The Morgan fingerprint density at radius 2 is 1.86 bits per heavy atom. The van der Waals surface area contributed by atoms with Crippen LogP contribution in [0.25, 0.3) is 0 Å².